The van der Waals surface area contributed by atoms with Crippen LogP contribution in [0.15, 0.2) is 29.4 Å². The number of piperidine rings is 1. The van der Waals surface area contributed by atoms with Crippen LogP contribution in [0.5, 0.6) is 0 Å². The minimum atomic E-state index is 0.487. The predicted octanol–water partition coefficient (Wildman–Crippen LogP) is 3.26. The molecule has 2 rings (SSSR count). The molecule has 1 atom stereocenters. The summed E-state index contributed by atoms with van der Waals surface area (Å²) in [6.07, 6.45) is 2.29. The summed E-state index contributed by atoms with van der Waals surface area (Å²) in [5.74, 6) is 0.538. The number of nitrogens with zero attached hydrogens (tertiary/aromatic N) is 2. The highest BCUT2D eigenvalue weighted by molar-refractivity contribution is 5.52. The zero-order valence-electron chi connectivity index (χ0n) is 14.1. The Morgan fingerprint density at radius 2 is 1.86 bits per heavy atom. The van der Waals surface area contributed by atoms with E-state index in [1.807, 2.05) is 26.0 Å². The van der Waals surface area contributed by atoms with Gasteiger partial charge in [-0.3, -0.25) is 0 Å². The lowest BCUT2D eigenvalue weighted by Crippen LogP contribution is -2.44. The summed E-state index contributed by atoms with van der Waals surface area (Å²) in [5.41, 5.74) is 7.29. The van der Waals surface area contributed by atoms with Crippen LogP contribution >= 0.6 is 0 Å². The van der Waals surface area contributed by atoms with E-state index in [2.05, 4.69) is 22.3 Å². The smallest absolute Gasteiger partial charge is 0.108 e. The number of hydrogen-bond acceptors (Lipinski definition) is 5. The Morgan fingerprint density at radius 1 is 1.27 bits per heavy atom. The van der Waals surface area contributed by atoms with E-state index in [0.29, 0.717) is 17.6 Å². The predicted molar refractivity (Wildman–Crippen MR) is 94.7 cm³/mol. The van der Waals surface area contributed by atoms with E-state index in [1.54, 1.807) is 12.1 Å². The van der Waals surface area contributed by atoms with Gasteiger partial charge >= 0.3 is 0 Å². The van der Waals surface area contributed by atoms with Crippen LogP contribution in [-0.4, -0.2) is 32.2 Å². The Morgan fingerprint density at radius 3 is 2.36 bits per heavy atom. The third-order valence-corrected chi connectivity index (χ3v) is 3.97. The SMILES string of the molecule is CC.CC(CN)CNC1CCN(c2ccc(N=O)cc2)CC1. The number of benzene rings is 1. The summed E-state index contributed by atoms with van der Waals surface area (Å²) in [5, 5.41) is 6.53. The van der Waals surface area contributed by atoms with E-state index in [-0.39, 0.29) is 0 Å². The van der Waals surface area contributed by atoms with Gasteiger partial charge < -0.3 is 16.0 Å². The lowest BCUT2D eigenvalue weighted by molar-refractivity contribution is 0.387. The second-order valence-electron chi connectivity index (χ2n) is 5.62. The largest absolute Gasteiger partial charge is 0.371 e. The molecule has 124 valence electrons. The second kappa shape index (κ2) is 10.3. The summed E-state index contributed by atoms with van der Waals surface area (Å²) < 4.78 is 0. The van der Waals surface area contributed by atoms with Crippen LogP contribution in [0, 0.1) is 10.8 Å². The molecule has 1 unspecified atom stereocenters. The average molecular weight is 306 g/mol. The molecule has 0 saturated carbocycles. The molecule has 0 aromatic heterocycles. The van der Waals surface area contributed by atoms with Crippen molar-refractivity contribution in [2.24, 2.45) is 16.8 Å². The number of nitrogens with one attached hydrogen (secondary N) is 1. The topological polar surface area (TPSA) is 70.7 Å². The highest BCUT2D eigenvalue weighted by Gasteiger charge is 2.19. The van der Waals surface area contributed by atoms with Crippen LogP contribution in [0.25, 0.3) is 0 Å². The summed E-state index contributed by atoms with van der Waals surface area (Å²) >= 11 is 0. The molecule has 1 aromatic rings. The van der Waals surface area contributed by atoms with Crippen LogP contribution in [-0.2, 0) is 0 Å². The lowest BCUT2D eigenvalue weighted by atomic mass is 10.0. The highest BCUT2D eigenvalue weighted by atomic mass is 16.3. The molecule has 22 heavy (non-hydrogen) atoms. The standard InChI is InChI=1S/C15H24N4O.C2H6/c1-12(10-16)11-17-13-6-8-19(9-7-13)15-4-2-14(18-20)3-5-15;1-2/h2-5,12-13,17H,6-11,16H2,1H3;1-2H3. The first-order chi connectivity index (χ1) is 10.7. The van der Waals surface area contributed by atoms with Crippen LogP contribution in [0.4, 0.5) is 11.4 Å². The molecular formula is C17H30N4O. The Kier molecular flexibility index (Phi) is 8.70. The Balaban J connectivity index is 0.00000116. The van der Waals surface area contributed by atoms with E-state index < -0.39 is 0 Å². The summed E-state index contributed by atoms with van der Waals surface area (Å²) in [6, 6.07) is 8.09. The zero-order chi connectivity index (χ0) is 16.4. The average Bonchev–Trinajstić information content (AvgIpc) is 2.62. The minimum absolute atomic E-state index is 0.487. The molecule has 1 aliphatic heterocycles. The number of nitroso groups, excluding NO2 is 1. The van der Waals surface area contributed by atoms with E-state index in [4.69, 9.17) is 5.73 Å². The molecule has 0 aliphatic carbocycles. The van der Waals surface area contributed by atoms with Gasteiger partial charge in [0, 0.05) is 24.8 Å². The normalized spacial score (nSPS) is 16.6. The quantitative estimate of drug-likeness (QED) is 0.791. The van der Waals surface area contributed by atoms with Crippen LogP contribution in [0.1, 0.15) is 33.6 Å². The fraction of sp³-hybridized carbons (Fsp3) is 0.647. The van der Waals surface area contributed by atoms with E-state index in [0.717, 1.165) is 39.0 Å². The monoisotopic (exact) mass is 306 g/mol. The third kappa shape index (κ3) is 5.73. The molecule has 0 amide bonds. The van der Waals surface area contributed by atoms with Gasteiger partial charge in [0.05, 0.1) is 0 Å². The molecule has 1 fully saturated rings. The van der Waals surface area contributed by atoms with Gasteiger partial charge in [0.2, 0.25) is 0 Å². The van der Waals surface area contributed by atoms with Crippen molar-refractivity contribution in [3.05, 3.63) is 29.2 Å². The minimum Gasteiger partial charge on any atom is -0.371 e. The first-order valence-corrected chi connectivity index (χ1v) is 8.34. The van der Waals surface area contributed by atoms with Gasteiger partial charge in [-0.1, -0.05) is 20.8 Å². The summed E-state index contributed by atoms with van der Waals surface area (Å²) in [6.45, 7) is 10.00. The maximum atomic E-state index is 10.4. The van der Waals surface area contributed by atoms with Crippen molar-refractivity contribution in [1.82, 2.24) is 5.32 Å². The van der Waals surface area contributed by atoms with Gasteiger partial charge in [0.15, 0.2) is 0 Å². The van der Waals surface area contributed by atoms with E-state index in [9.17, 15) is 4.91 Å². The molecule has 0 bridgehead atoms. The van der Waals surface area contributed by atoms with Crippen molar-refractivity contribution in [2.75, 3.05) is 31.1 Å². The van der Waals surface area contributed by atoms with E-state index >= 15 is 0 Å². The number of anilines is 1. The molecule has 1 aliphatic rings. The molecule has 1 saturated heterocycles. The molecular weight excluding hydrogens is 276 g/mol. The van der Waals surface area contributed by atoms with Crippen LogP contribution in [0.3, 0.4) is 0 Å². The molecule has 0 spiro atoms. The molecule has 3 N–H and O–H groups in total. The number of rotatable bonds is 6. The van der Waals surface area contributed by atoms with Crippen molar-refractivity contribution in [3.63, 3.8) is 0 Å². The van der Waals surface area contributed by atoms with Gasteiger partial charge in [-0.05, 0) is 61.3 Å². The summed E-state index contributed by atoms with van der Waals surface area (Å²) in [7, 11) is 0. The number of nitrogens with two attached hydrogens (primary N) is 1. The maximum Gasteiger partial charge on any atom is 0.108 e. The zero-order valence-corrected chi connectivity index (χ0v) is 14.1. The molecule has 1 heterocycles. The molecule has 0 radical (unpaired) electrons. The fourth-order valence-corrected chi connectivity index (χ4v) is 2.52. The van der Waals surface area contributed by atoms with Gasteiger partial charge in [-0.2, -0.15) is 0 Å². The van der Waals surface area contributed by atoms with Gasteiger partial charge in [0.25, 0.3) is 0 Å². The second-order valence-corrected chi connectivity index (χ2v) is 5.62. The van der Waals surface area contributed by atoms with Crippen molar-refractivity contribution in [1.29, 1.82) is 0 Å². The Hall–Kier alpha value is -1.46. The third-order valence-electron chi connectivity index (χ3n) is 3.97. The van der Waals surface area contributed by atoms with Crippen LogP contribution in [0.2, 0.25) is 0 Å². The van der Waals surface area contributed by atoms with Crippen molar-refractivity contribution >= 4 is 11.4 Å². The lowest BCUT2D eigenvalue weighted by Gasteiger charge is -2.34. The Bertz CT molecular complexity index is 413. The van der Waals surface area contributed by atoms with Gasteiger partial charge in [0.1, 0.15) is 5.69 Å². The molecule has 5 heteroatoms. The molecule has 1 aromatic carbocycles. The highest BCUT2D eigenvalue weighted by Crippen LogP contribution is 2.23. The first kappa shape index (κ1) is 18.6. The van der Waals surface area contributed by atoms with Crippen molar-refractivity contribution in [3.8, 4) is 0 Å². The van der Waals surface area contributed by atoms with Gasteiger partial charge in [-0.25, -0.2) is 0 Å². The number of hydrogen-bond donors (Lipinski definition) is 2. The summed E-state index contributed by atoms with van der Waals surface area (Å²) in [4.78, 5) is 12.8. The molecule has 5 nitrogen and oxygen atoms in total. The fourth-order valence-electron chi connectivity index (χ4n) is 2.52. The van der Waals surface area contributed by atoms with E-state index in [1.165, 1.54) is 5.69 Å². The van der Waals surface area contributed by atoms with Crippen LogP contribution < -0.4 is 16.0 Å². The maximum absolute atomic E-state index is 10.4. The Labute approximate surface area is 134 Å². The first-order valence-electron chi connectivity index (χ1n) is 8.34. The van der Waals surface area contributed by atoms with Crippen molar-refractivity contribution < 1.29 is 0 Å². The van der Waals surface area contributed by atoms with Gasteiger partial charge in [-0.15, -0.1) is 4.91 Å². The van der Waals surface area contributed by atoms with Crippen molar-refractivity contribution in [2.45, 2.75) is 39.7 Å².